The first-order chi connectivity index (χ1) is 9.83. The summed E-state index contributed by atoms with van der Waals surface area (Å²) in [6, 6.07) is 11.6. The lowest BCUT2D eigenvalue weighted by molar-refractivity contribution is -0.142. The maximum atomic E-state index is 13.8. The third kappa shape index (κ3) is 3.05. The van der Waals surface area contributed by atoms with Crippen molar-refractivity contribution in [1.29, 1.82) is 0 Å². The van der Waals surface area contributed by atoms with Crippen LogP contribution in [0.5, 0.6) is 0 Å². The van der Waals surface area contributed by atoms with Crippen molar-refractivity contribution in [2.24, 2.45) is 0 Å². The van der Waals surface area contributed by atoms with Crippen LogP contribution >= 0.6 is 0 Å². The minimum Gasteiger partial charge on any atom is -0.479 e. The number of aliphatic carboxylic acids is 1. The average molecular weight is 287 g/mol. The van der Waals surface area contributed by atoms with Crippen molar-refractivity contribution in [2.75, 3.05) is 5.32 Å². The van der Waals surface area contributed by atoms with Gasteiger partial charge in [-0.3, -0.25) is 0 Å². The molecule has 0 aliphatic carbocycles. The lowest BCUT2D eigenvalue weighted by atomic mass is 9.89. The van der Waals surface area contributed by atoms with E-state index in [0.29, 0.717) is 5.56 Å². The maximum Gasteiger partial charge on any atom is 0.333 e. The third-order valence-corrected chi connectivity index (χ3v) is 3.49. The zero-order valence-electron chi connectivity index (χ0n) is 12.3. The van der Waals surface area contributed by atoms with E-state index in [4.69, 9.17) is 0 Å². The van der Waals surface area contributed by atoms with Crippen LogP contribution in [-0.2, 0) is 10.3 Å². The number of para-hydroxylation sites is 1. The molecule has 0 amide bonds. The molecular formula is C17H18FNO2. The largest absolute Gasteiger partial charge is 0.479 e. The number of aryl methyl sites for hydroxylation is 2. The molecule has 2 aromatic rings. The second-order valence-electron chi connectivity index (χ2n) is 5.41. The van der Waals surface area contributed by atoms with Crippen molar-refractivity contribution in [3.8, 4) is 0 Å². The molecule has 0 aromatic heterocycles. The van der Waals surface area contributed by atoms with Gasteiger partial charge in [-0.05, 0) is 38.5 Å². The molecule has 0 aliphatic rings. The number of benzene rings is 2. The van der Waals surface area contributed by atoms with Crippen LogP contribution in [0.3, 0.4) is 0 Å². The molecule has 4 heteroatoms. The van der Waals surface area contributed by atoms with Crippen LogP contribution in [0.1, 0.15) is 23.6 Å². The summed E-state index contributed by atoms with van der Waals surface area (Å²) in [6.07, 6.45) is 0. The summed E-state index contributed by atoms with van der Waals surface area (Å²) in [7, 11) is 0. The van der Waals surface area contributed by atoms with Gasteiger partial charge in [0, 0.05) is 0 Å². The lowest BCUT2D eigenvalue weighted by Gasteiger charge is -2.29. The molecule has 0 fully saturated rings. The van der Waals surface area contributed by atoms with Crippen molar-refractivity contribution in [2.45, 2.75) is 26.3 Å². The van der Waals surface area contributed by atoms with Gasteiger partial charge in [0.1, 0.15) is 5.82 Å². The van der Waals surface area contributed by atoms with E-state index in [9.17, 15) is 14.3 Å². The monoisotopic (exact) mass is 287 g/mol. The zero-order valence-corrected chi connectivity index (χ0v) is 12.3. The van der Waals surface area contributed by atoms with Gasteiger partial charge >= 0.3 is 5.97 Å². The van der Waals surface area contributed by atoms with E-state index in [1.807, 2.05) is 19.9 Å². The number of rotatable bonds is 4. The first kappa shape index (κ1) is 15.0. The van der Waals surface area contributed by atoms with Crippen molar-refractivity contribution < 1.29 is 14.3 Å². The molecule has 110 valence electrons. The predicted molar refractivity (Wildman–Crippen MR) is 80.9 cm³/mol. The first-order valence-corrected chi connectivity index (χ1v) is 6.68. The van der Waals surface area contributed by atoms with Gasteiger partial charge in [0.05, 0.1) is 5.69 Å². The minimum absolute atomic E-state index is 0.168. The maximum absolute atomic E-state index is 13.8. The molecule has 0 heterocycles. The van der Waals surface area contributed by atoms with Gasteiger partial charge in [-0.15, -0.1) is 0 Å². The van der Waals surface area contributed by atoms with Crippen LogP contribution in [0, 0.1) is 19.7 Å². The molecule has 21 heavy (non-hydrogen) atoms. The van der Waals surface area contributed by atoms with Crippen molar-refractivity contribution in [1.82, 2.24) is 0 Å². The predicted octanol–water partition coefficient (Wildman–Crippen LogP) is 3.85. The Bertz CT molecular complexity index is 664. The highest BCUT2D eigenvalue weighted by molar-refractivity contribution is 5.84. The van der Waals surface area contributed by atoms with Gasteiger partial charge in [0.25, 0.3) is 0 Å². The minimum atomic E-state index is -1.40. The number of nitrogens with one attached hydrogen (secondary N) is 1. The van der Waals surface area contributed by atoms with Crippen LogP contribution < -0.4 is 5.32 Å². The highest BCUT2D eigenvalue weighted by Crippen LogP contribution is 2.29. The van der Waals surface area contributed by atoms with Gasteiger partial charge in [-0.25, -0.2) is 9.18 Å². The fourth-order valence-electron chi connectivity index (χ4n) is 2.34. The van der Waals surface area contributed by atoms with E-state index >= 15 is 0 Å². The quantitative estimate of drug-likeness (QED) is 0.898. The Morgan fingerprint density at radius 3 is 2.24 bits per heavy atom. The third-order valence-electron chi connectivity index (χ3n) is 3.49. The Morgan fingerprint density at radius 1 is 1.14 bits per heavy atom. The molecule has 0 aliphatic heterocycles. The normalized spacial score (nSPS) is 13.5. The number of anilines is 1. The topological polar surface area (TPSA) is 49.3 Å². The molecule has 0 saturated heterocycles. The Labute approximate surface area is 123 Å². The average Bonchev–Trinajstić information content (AvgIpc) is 2.40. The van der Waals surface area contributed by atoms with E-state index in [1.54, 1.807) is 24.3 Å². The summed E-state index contributed by atoms with van der Waals surface area (Å²) in [4.78, 5) is 11.8. The Balaban J connectivity index is 2.50. The Kier molecular flexibility index (Phi) is 3.98. The van der Waals surface area contributed by atoms with Crippen molar-refractivity contribution >= 4 is 11.7 Å². The van der Waals surface area contributed by atoms with E-state index < -0.39 is 17.3 Å². The number of hydrogen-bond donors (Lipinski definition) is 2. The second-order valence-corrected chi connectivity index (χ2v) is 5.41. The second kappa shape index (κ2) is 5.56. The van der Waals surface area contributed by atoms with Gasteiger partial charge in [-0.2, -0.15) is 0 Å². The van der Waals surface area contributed by atoms with E-state index in [1.165, 1.54) is 19.1 Å². The molecule has 0 radical (unpaired) electrons. The summed E-state index contributed by atoms with van der Waals surface area (Å²) in [5, 5.41) is 12.5. The summed E-state index contributed by atoms with van der Waals surface area (Å²) >= 11 is 0. The Hall–Kier alpha value is -2.36. The van der Waals surface area contributed by atoms with Gasteiger partial charge in [-0.1, -0.05) is 41.5 Å². The van der Waals surface area contributed by atoms with Crippen LogP contribution in [0.4, 0.5) is 10.1 Å². The fraction of sp³-hybridized carbons (Fsp3) is 0.235. The highest BCUT2D eigenvalue weighted by atomic mass is 19.1. The standard InChI is InChI=1S/C17H18FNO2/c1-11-8-12(2)10-13(9-11)17(3,16(20)21)19-15-7-5-4-6-14(15)18/h4-10,19H,1-3H3,(H,20,21). The molecule has 3 nitrogen and oxygen atoms in total. The number of carboxylic acid groups (broad SMARTS) is 1. The van der Waals surface area contributed by atoms with Crippen LogP contribution in [0.25, 0.3) is 0 Å². The summed E-state index contributed by atoms with van der Waals surface area (Å²) in [5.74, 6) is -1.54. The first-order valence-electron chi connectivity index (χ1n) is 6.68. The molecule has 0 spiro atoms. The molecule has 1 atom stereocenters. The van der Waals surface area contributed by atoms with Crippen molar-refractivity contribution in [3.63, 3.8) is 0 Å². The fourth-order valence-corrected chi connectivity index (χ4v) is 2.34. The molecule has 2 N–H and O–H groups in total. The smallest absolute Gasteiger partial charge is 0.333 e. The number of carboxylic acids is 1. The molecule has 0 bridgehead atoms. The summed E-state index contributed by atoms with van der Waals surface area (Å²) < 4.78 is 13.8. The molecule has 2 aromatic carbocycles. The zero-order chi connectivity index (χ0) is 15.6. The number of halogens is 1. The molecule has 1 unspecified atom stereocenters. The molecule has 2 rings (SSSR count). The van der Waals surface area contributed by atoms with Crippen molar-refractivity contribution in [3.05, 3.63) is 65.0 Å². The lowest BCUT2D eigenvalue weighted by Crippen LogP contribution is -2.40. The Morgan fingerprint density at radius 2 is 1.71 bits per heavy atom. The summed E-state index contributed by atoms with van der Waals surface area (Å²) in [5.41, 5.74) is 1.29. The number of carbonyl (C=O) groups is 1. The van der Waals surface area contributed by atoms with Gasteiger partial charge in [0.2, 0.25) is 0 Å². The molecule has 0 saturated carbocycles. The summed E-state index contributed by atoms with van der Waals surface area (Å²) in [6.45, 7) is 5.35. The van der Waals surface area contributed by atoms with Gasteiger partial charge < -0.3 is 10.4 Å². The number of hydrogen-bond acceptors (Lipinski definition) is 2. The van der Waals surface area contributed by atoms with Gasteiger partial charge in [0.15, 0.2) is 5.54 Å². The van der Waals surface area contributed by atoms with E-state index in [-0.39, 0.29) is 5.69 Å². The van der Waals surface area contributed by atoms with Crippen LogP contribution in [0.15, 0.2) is 42.5 Å². The van der Waals surface area contributed by atoms with Crippen LogP contribution in [0.2, 0.25) is 0 Å². The highest BCUT2D eigenvalue weighted by Gasteiger charge is 2.36. The van der Waals surface area contributed by atoms with E-state index in [2.05, 4.69) is 5.32 Å². The molecular weight excluding hydrogens is 269 g/mol. The van der Waals surface area contributed by atoms with E-state index in [0.717, 1.165) is 11.1 Å². The SMILES string of the molecule is Cc1cc(C)cc(C(C)(Nc2ccccc2F)C(=O)O)c1. The van der Waals surface area contributed by atoms with Crippen LogP contribution in [-0.4, -0.2) is 11.1 Å².